The zero-order valence-corrected chi connectivity index (χ0v) is 14.6. The predicted molar refractivity (Wildman–Crippen MR) is 93.8 cm³/mol. The molecule has 2 saturated carbocycles. The lowest BCUT2D eigenvalue weighted by Gasteiger charge is -2.15. The molecule has 0 unspecified atom stereocenters. The van der Waals surface area contributed by atoms with E-state index >= 15 is 0 Å². The van der Waals surface area contributed by atoms with Crippen LogP contribution in [0, 0.1) is 17.8 Å². The number of hydrogen-bond acceptors (Lipinski definition) is 4. The van der Waals surface area contributed by atoms with Gasteiger partial charge in [-0.3, -0.25) is 4.79 Å². The Labute approximate surface area is 146 Å². The maximum atomic E-state index is 12.3. The van der Waals surface area contributed by atoms with Gasteiger partial charge >= 0.3 is 0 Å². The van der Waals surface area contributed by atoms with E-state index in [-0.39, 0.29) is 5.91 Å². The van der Waals surface area contributed by atoms with E-state index in [1.165, 1.54) is 25.7 Å². The number of aryl methyl sites for hydroxylation is 1. The first-order chi connectivity index (χ1) is 11.7. The molecule has 24 heavy (non-hydrogen) atoms. The Morgan fingerprint density at radius 2 is 1.92 bits per heavy atom. The van der Waals surface area contributed by atoms with Gasteiger partial charge < -0.3 is 9.88 Å². The molecular weight excluding hydrogens is 320 g/mol. The minimum absolute atomic E-state index is 0.160. The van der Waals surface area contributed by atoms with Crippen LogP contribution in [-0.2, 0) is 11.8 Å². The maximum absolute atomic E-state index is 12.3. The van der Waals surface area contributed by atoms with Crippen LogP contribution in [0.3, 0.4) is 0 Å². The molecular formula is C18H22N4OS. The van der Waals surface area contributed by atoms with Crippen LogP contribution < -0.4 is 5.32 Å². The van der Waals surface area contributed by atoms with Crippen molar-refractivity contribution < 1.29 is 4.79 Å². The third-order valence-electron chi connectivity index (χ3n) is 4.89. The first-order valence-corrected chi connectivity index (χ1v) is 9.42. The summed E-state index contributed by atoms with van der Waals surface area (Å²) in [5.74, 6) is 2.41. The van der Waals surface area contributed by atoms with Gasteiger partial charge in [-0.2, -0.15) is 0 Å². The standard InChI is InChI=1S/C18H22N4OS/c1-22-11-19-21-18(22)24-15-8-6-14(7-9-15)20-17(23)10-16(12-2-3-12)13-4-5-13/h6-9,11-13,16H,2-5,10H2,1H3,(H,20,23). The molecule has 5 nitrogen and oxygen atoms in total. The highest BCUT2D eigenvalue weighted by atomic mass is 32.2. The number of hydrogen-bond donors (Lipinski definition) is 1. The van der Waals surface area contributed by atoms with Crippen LogP contribution >= 0.6 is 11.8 Å². The number of nitrogens with one attached hydrogen (secondary N) is 1. The normalized spacial score (nSPS) is 17.2. The molecule has 1 amide bonds. The molecule has 1 N–H and O–H groups in total. The molecule has 2 fully saturated rings. The summed E-state index contributed by atoms with van der Waals surface area (Å²) in [4.78, 5) is 13.4. The molecule has 1 aromatic carbocycles. The molecule has 0 radical (unpaired) electrons. The van der Waals surface area contributed by atoms with E-state index < -0.39 is 0 Å². The number of carbonyl (C=O) groups excluding carboxylic acids is 1. The van der Waals surface area contributed by atoms with Crippen molar-refractivity contribution in [3.63, 3.8) is 0 Å². The third kappa shape index (κ3) is 3.80. The van der Waals surface area contributed by atoms with Gasteiger partial charge in [0.15, 0.2) is 5.16 Å². The van der Waals surface area contributed by atoms with Gasteiger partial charge in [0.1, 0.15) is 6.33 Å². The quantitative estimate of drug-likeness (QED) is 0.833. The van der Waals surface area contributed by atoms with E-state index in [9.17, 15) is 4.79 Å². The van der Waals surface area contributed by atoms with E-state index in [4.69, 9.17) is 0 Å². The van der Waals surface area contributed by atoms with Crippen LogP contribution in [0.2, 0.25) is 0 Å². The summed E-state index contributed by atoms with van der Waals surface area (Å²) in [6.07, 6.45) is 7.66. The number of carbonyl (C=O) groups is 1. The summed E-state index contributed by atoms with van der Waals surface area (Å²) in [6, 6.07) is 7.93. The third-order valence-corrected chi connectivity index (χ3v) is 5.95. The Morgan fingerprint density at radius 1 is 1.25 bits per heavy atom. The smallest absolute Gasteiger partial charge is 0.224 e. The lowest BCUT2D eigenvalue weighted by Crippen LogP contribution is -2.19. The summed E-state index contributed by atoms with van der Waals surface area (Å²) < 4.78 is 1.89. The van der Waals surface area contributed by atoms with E-state index in [1.807, 2.05) is 35.9 Å². The molecule has 0 bridgehead atoms. The van der Waals surface area contributed by atoms with E-state index in [2.05, 4.69) is 15.5 Å². The fourth-order valence-corrected chi connectivity index (χ4v) is 4.03. The van der Waals surface area contributed by atoms with Gasteiger partial charge in [0.25, 0.3) is 0 Å². The van der Waals surface area contributed by atoms with Crippen molar-refractivity contribution in [3.8, 4) is 0 Å². The van der Waals surface area contributed by atoms with E-state index in [0.717, 1.165) is 27.6 Å². The van der Waals surface area contributed by atoms with Gasteiger partial charge in [0, 0.05) is 24.1 Å². The highest BCUT2D eigenvalue weighted by molar-refractivity contribution is 7.99. The molecule has 0 spiro atoms. The first kappa shape index (κ1) is 15.7. The predicted octanol–water partition coefficient (Wildman–Crippen LogP) is 3.73. The lowest BCUT2D eigenvalue weighted by molar-refractivity contribution is -0.117. The number of anilines is 1. The summed E-state index contributed by atoms with van der Waals surface area (Å²) in [7, 11) is 1.92. The Balaban J connectivity index is 1.33. The van der Waals surface area contributed by atoms with Crippen LogP contribution in [0.25, 0.3) is 0 Å². The van der Waals surface area contributed by atoms with Crippen LogP contribution in [0.4, 0.5) is 5.69 Å². The van der Waals surface area contributed by atoms with Crippen LogP contribution in [0.15, 0.2) is 40.6 Å². The highest BCUT2D eigenvalue weighted by Gasteiger charge is 2.42. The highest BCUT2D eigenvalue weighted by Crippen LogP contribution is 2.50. The molecule has 1 heterocycles. The van der Waals surface area contributed by atoms with Crippen LogP contribution in [-0.4, -0.2) is 20.7 Å². The maximum Gasteiger partial charge on any atom is 0.224 e. The number of rotatable bonds is 7. The average Bonchev–Trinajstić information content (AvgIpc) is 3.48. The van der Waals surface area contributed by atoms with Gasteiger partial charge in [0.2, 0.25) is 5.91 Å². The fraction of sp³-hybridized carbons (Fsp3) is 0.500. The van der Waals surface area contributed by atoms with Crippen LogP contribution in [0.1, 0.15) is 32.1 Å². The van der Waals surface area contributed by atoms with Gasteiger partial charge in [-0.1, -0.05) is 0 Å². The number of benzene rings is 1. The second-order valence-corrected chi connectivity index (χ2v) is 7.98. The summed E-state index contributed by atoms with van der Waals surface area (Å²) in [6.45, 7) is 0. The molecule has 2 aliphatic carbocycles. The second-order valence-electron chi connectivity index (χ2n) is 6.94. The fourth-order valence-electron chi connectivity index (χ4n) is 3.27. The summed E-state index contributed by atoms with van der Waals surface area (Å²) in [5.41, 5.74) is 0.868. The Hall–Kier alpha value is -1.82. The Bertz CT molecular complexity index is 707. The van der Waals surface area contributed by atoms with Crippen molar-refractivity contribution in [3.05, 3.63) is 30.6 Å². The van der Waals surface area contributed by atoms with Crippen LogP contribution in [0.5, 0.6) is 0 Å². The zero-order chi connectivity index (χ0) is 16.5. The topological polar surface area (TPSA) is 59.8 Å². The minimum Gasteiger partial charge on any atom is -0.326 e. The summed E-state index contributed by atoms with van der Waals surface area (Å²) >= 11 is 1.56. The second kappa shape index (κ2) is 6.59. The molecule has 0 aliphatic heterocycles. The number of aromatic nitrogens is 3. The Kier molecular flexibility index (Phi) is 4.31. The number of amides is 1. The number of nitrogens with zero attached hydrogens (tertiary/aromatic N) is 3. The molecule has 2 aliphatic rings. The van der Waals surface area contributed by atoms with Crippen molar-refractivity contribution in [2.45, 2.75) is 42.2 Å². The molecule has 4 rings (SSSR count). The van der Waals surface area contributed by atoms with Gasteiger partial charge in [-0.15, -0.1) is 10.2 Å². The van der Waals surface area contributed by atoms with Crippen molar-refractivity contribution >= 4 is 23.4 Å². The average molecular weight is 342 g/mol. The molecule has 1 aromatic heterocycles. The Morgan fingerprint density at radius 3 is 2.46 bits per heavy atom. The zero-order valence-electron chi connectivity index (χ0n) is 13.8. The van der Waals surface area contributed by atoms with Gasteiger partial charge in [0.05, 0.1) is 0 Å². The molecule has 126 valence electrons. The molecule has 6 heteroatoms. The minimum atomic E-state index is 0.160. The van der Waals surface area contributed by atoms with Gasteiger partial charge in [-0.05, 0) is 79.5 Å². The van der Waals surface area contributed by atoms with Crippen molar-refractivity contribution in [2.24, 2.45) is 24.8 Å². The lowest BCUT2D eigenvalue weighted by atomic mass is 9.94. The monoisotopic (exact) mass is 342 g/mol. The molecule has 2 aromatic rings. The van der Waals surface area contributed by atoms with Crippen molar-refractivity contribution in [2.75, 3.05) is 5.32 Å². The molecule has 0 atom stereocenters. The van der Waals surface area contributed by atoms with Crippen molar-refractivity contribution in [1.29, 1.82) is 0 Å². The van der Waals surface area contributed by atoms with Gasteiger partial charge in [-0.25, -0.2) is 0 Å². The van der Waals surface area contributed by atoms with Crippen molar-refractivity contribution in [1.82, 2.24) is 14.8 Å². The first-order valence-electron chi connectivity index (χ1n) is 8.61. The largest absolute Gasteiger partial charge is 0.326 e. The summed E-state index contributed by atoms with van der Waals surface area (Å²) in [5, 5.41) is 11.8. The molecule has 0 saturated heterocycles. The van der Waals surface area contributed by atoms with E-state index in [0.29, 0.717) is 12.3 Å². The SMILES string of the molecule is Cn1cnnc1Sc1ccc(NC(=O)CC(C2CC2)C2CC2)cc1. The van der Waals surface area contributed by atoms with E-state index in [1.54, 1.807) is 18.1 Å².